The third kappa shape index (κ3) is 2.59. The SMILES string of the molecule is COc1ccc2nc(-c3ccc(N)c(C(F)(F)F)c3)sc2c1. The Bertz CT molecular complexity index is 842. The molecule has 0 radical (unpaired) electrons. The van der Waals surface area contributed by atoms with Crippen molar-refractivity contribution in [1.82, 2.24) is 4.98 Å². The summed E-state index contributed by atoms with van der Waals surface area (Å²) in [5.74, 6) is 0.677. The molecule has 0 bridgehead atoms. The fourth-order valence-electron chi connectivity index (χ4n) is 2.09. The predicted octanol–water partition coefficient (Wildman–Crippen LogP) is 4.57. The van der Waals surface area contributed by atoms with Crippen molar-refractivity contribution in [1.29, 1.82) is 0 Å². The van der Waals surface area contributed by atoms with Gasteiger partial charge < -0.3 is 10.5 Å². The number of hydrogen-bond acceptors (Lipinski definition) is 4. The predicted molar refractivity (Wildman–Crippen MR) is 81.0 cm³/mol. The molecule has 1 aromatic heterocycles. The highest BCUT2D eigenvalue weighted by Crippen LogP contribution is 2.38. The number of ether oxygens (including phenoxy) is 1. The molecule has 0 aliphatic heterocycles. The summed E-state index contributed by atoms with van der Waals surface area (Å²) < 4.78 is 44.8. The first kappa shape index (κ1) is 14.6. The number of methoxy groups -OCH3 is 1. The van der Waals surface area contributed by atoms with E-state index in [1.807, 2.05) is 0 Å². The fourth-order valence-corrected chi connectivity index (χ4v) is 3.08. The molecule has 0 saturated heterocycles. The zero-order valence-electron chi connectivity index (χ0n) is 11.4. The summed E-state index contributed by atoms with van der Waals surface area (Å²) in [7, 11) is 1.55. The van der Waals surface area contributed by atoms with Crippen molar-refractivity contribution in [2.45, 2.75) is 6.18 Å². The zero-order chi connectivity index (χ0) is 15.9. The Hall–Kier alpha value is -2.28. The summed E-state index contributed by atoms with van der Waals surface area (Å²) >= 11 is 1.31. The summed E-state index contributed by atoms with van der Waals surface area (Å²) in [4.78, 5) is 4.37. The molecule has 0 atom stereocenters. The molecular weight excluding hydrogens is 313 g/mol. The molecule has 0 saturated carbocycles. The second-order valence-electron chi connectivity index (χ2n) is 4.65. The van der Waals surface area contributed by atoms with Crippen molar-refractivity contribution in [3.8, 4) is 16.3 Å². The van der Waals surface area contributed by atoms with E-state index in [0.717, 1.165) is 10.8 Å². The molecule has 2 aromatic carbocycles. The van der Waals surface area contributed by atoms with Gasteiger partial charge in [-0.05, 0) is 36.4 Å². The number of thiazole rings is 1. The van der Waals surface area contributed by atoms with Crippen molar-refractivity contribution in [3.63, 3.8) is 0 Å². The van der Waals surface area contributed by atoms with Gasteiger partial charge in [-0.15, -0.1) is 11.3 Å². The standard InChI is InChI=1S/C15H11F3N2OS/c1-21-9-3-5-12-13(7-9)22-14(20-12)8-2-4-11(19)10(6-8)15(16,17)18/h2-7H,19H2,1H3. The third-order valence-corrected chi connectivity index (χ3v) is 4.27. The maximum Gasteiger partial charge on any atom is 0.418 e. The van der Waals surface area contributed by atoms with Gasteiger partial charge in [0.2, 0.25) is 0 Å². The van der Waals surface area contributed by atoms with Crippen molar-refractivity contribution in [3.05, 3.63) is 42.0 Å². The monoisotopic (exact) mass is 324 g/mol. The summed E-state index contributed by atoms with van der Waals surface area (Å²) in [6, 6.07) is 9.17. The van der Waals surface area contributed by atoms with E-state index in [1.165, 1.54) is 17.4 Å². The minimum Gasteiger partial charge on any atom is -0.497 e. The van der Waals surface area contributed by atoms with Crippen molar-refractivity contribution in [2.24, 2.45) is 0 Å². The molecule has 0 aliphatic rings. The molecule has 1 heterocycles. The van der Waals surface area contributed by atoms with E-state index < -0.39 is 11.7 Å². The molecule has 0 unspecified atom stereocenters. The molecule has 0 fully saturated rings. The fraction of sp³-hybridized carbons (Fsp3) is 0.133. The van der Waals surface area contributed by atoms with Crippen LogP contribution >= 0.6 is 11.3 Å². The van der Waals surface area contributed by atoms with Crippen LogP contribution in [0.25, 0.3) is 20.8 Å². The largest absolute Gasteiger partial charge is 0.497 e. The average Bonchev–Trinajstić information content (AvgIpc) is 2.89. The highest BCUT2D eigenvalue weighted by atomic mass is 32.1. The maximum atomic E-state index is 12.9. The summed E-state index contributed by atoms with van der Waals surface area (Å²) in [5.41, 5.74) is 5.38. The molecule has 0 spiro atoms. The maximum absolute atomic E-state index is 12.9. The van der Waals surface area contributed by atoms with Gasteiger partial charge in [0.05, 0.1) is 22.9 Å². The second kappa shape index (κ2) is 5.17. The van der Waals surface area contributed by atoms with Crippen molar-refractivity contribution < 1.29 is 17.9 Å². The van der Waals surface area contributed by atoms with E-state index in [1.54, 1.807) is 31.4 Å². The number of halogens is 3. The number of benzene rings is 2. The number of nitrogens with zero attached hydrogens (tertiary/aromatic N) is 1. The molecule has 22 heavy (non-hydrogen) atoms. The Labute approximate surface area is 128 Å². The topological polar surface area (TPSA) is 48.1 Å². The number of anilines is 1. The lowest BCUT2D eigenvalue weighted by molar-refractivity contribution is -0.136. The lowest BCUT2D eigenvalue weighted by Crippen LogP contribution is -2.08. The molecule has 7 heteroatoms. The lowest BCUT2D eigenvalue weighted by atomic mass is 10.1. The Balaban J connectivity index is 2.11. The summed E-state index contributed by atoms with van der Waals surface area (Å²) in [5, 5.41) is 0.508. The average molecular weight is 324 g/mol. The molecule has 3 nitrogen and oxygen atoms in total. The van der Waals surface area contributed by atoms with Crippen LogP contribution in [0.4, 0.5) is 18.9 Å². The quantitative estimate of drug-likeness (QED) is 0.702. The highest BCUT2D eigenvalue weighted by Gasteiger charge is 2.33. The number of nitrogen functional groups attached to an aromatic ring is 1. The van der Waals surface area contributed by atoms with Crippen LogP contribution in [0.3, 0.4) is 0 Å². The van der Waals surface area contributed by atoms with Crippen LogP contribution in [0.15, 0.2) is 36.4 Å². The van der Waals surface area contributed by atoms with Gasteiger partial charge in [-0.25, -0.2) is 4.98 Å². The van der Waals surface area contributed by atoms with Crippen LogP contribution < -0.4 is 10.5 Å². The molecular formula is C15H11F3N2OS. The zero-order valence-corrected chi connectivity index (χ0v) is 12.3. The van der Waals surface area contributed by atoms with E-state index in [0.29, 0.717) is 21.8 Å². The Morgan fingerprint density at radius 2 is 1.91 bits per heavy atom. The Morgan fingerprint density at radius 1 is 1.14 bits per heavy atom. The van der Waals surface area contributed by atoms with E-state index in [4.69, 9.17) is 10.5 Å². The van der Waals surface area contributed by atoms with Gasteiger partial charge in [-0.3, -0.25) is 0 Å². The van der Waals surface area contributed by atoms with E-state index in [-0.39, 0.29) is 5.69 Å². The number of hydrogen-bond donors (Lipinski definition) is 1. The summed E-state index contributed by atoms with van der Waals surface area (Å²) in [6.45, 7) is 0. The normalized spacial score (nSPS) is 11.8. The first-order valence-electron chi connectivity index (χ1n) is 6.30. The minimum atomic E-state index is -4.49. The number of fused-ring (bicyclic) bond motifs is 1. The number of rotatable bonds is 2. The first-order chi connectivity index (χ1) is 10.4. The molecule has 3 rings (SSSR count). The molecule has 0 amide bonds. The smallest absolute Gasteiger partial charge is 0.418 e. The van der Waals surface area contributed by atoms with E-state index >= 15 is 0 Å². The van der Waals surface area contributed by atoms with Gasteiger partial charge in [0, 0.05) is 11.3 Å². The van der Waals surface area contributed by atoms with Gasteiger partial charge in [0.15, 0.2) is 0 Å². The molecule has 0 aliphatic carbocycles. The Morgan fingerprint density at radius 3 is 2.59 bits per heavy atom. The van der Waals surface area contributed by atoms with Crippen LogP contribution in [-0.4, -0.2) is 12.1 Å². The first-order valence-corrected chi connectivity index (χ1v) is 7.12. The summed E-state index contributed by atoms with van der Waals surface area (Å²) in [6.07, 6.45) is -4.49. The molecule has 3 aromatic rings. The second-order valence-corrected chi connectivity index (χ2v) is 5.68. The number of nitrogens with two attached hydrogens (primary N) is 1. The highest BCUT2D eigenvalue weighted by molar-refractivity contribution is 7.21. The minimum absolute atomic E-state index is 0.293. The van der Waals surface area contributed by atoms with Gasteiger partial charge >= 0.3 is 6.18 Å². The van der Waals surface area contributed by atoms with Gasteiger partial charge in [0.25, 0.3) is 0 Å². The number of aromatic nitrogens is 1. The number of alkyl halides is 3. The van der Waals surface area contributed by atoms with Gasteiger partial charge in [-0.1, -0.05) is 0 Å². The third-order valence-electron chi connectivity index (χ3n) is 3.20. The molecule has 2 N–H and O–H groups in total. The lowest BCUT2D eigenvalue weighted by Gasteiger charge is -2.10. The van der Waals surface area contributed by atoms with Gasteiger partial charge in [0.1, 0.15) is 10.8 Å². The van der Waals surface area contributed by atoms with Gasteiger partial charge in [-0.2, -0.15) is 13.2 Å². The van der Waals surface area contributed by atoms with E-state index in [9.17, 15) is 13.2 Å². The van der Waals surface area contributed by atoms with Crippen molar-refractivity contribution >= 4 is 27.2 Å². The van der Waals surface area contributed by atoms with Crippen LogP contribution in [0.2, 0.25) is 0 Å². The van der Waals surface area contributed by atoms with Crippen LogP contribution in [0.1, 0.15) is 5.56 Å². The van der Waals surface area contributed by atoms with Crippen LogP contribution in [-0.2, 0) is 6.18 Å². The Kier molecular flexibility index (Phi) is 3.44. The molecule has 114 valence electrons. The van der Waals surface area contributed by atoms with Crippen LogP contribution in [0, 0.1) is 0 Å². The van der Waals surface area contributed by atoms with E-state index in [2.05, 4.69) is 4.98 Å². The van der Waals surface area contributed by atoms with Crippen molar-refractivity contribution in [2.75, 3.05) is 12.8 Å². The van der Waals surface area contributed by atoms with Crippen LogP contribution in [0.5, 0.6) is 5.75 Å².